The SMILES string of the molecule is CN(C)[C@@H](CNC(=O)[C@@H]1CCCCN1S(C)(=O)=O)c1ccccc1Cl. The van der Waals surface area contributed by atoms with Crippen molar-refractivity contribution in [2.75, 3.05) is 33.4 Å². The van der Waals surface area contributed by atoms with Crippen molar-refractivity contribution in [3.05, 3.63) is 34.9 Å². The molecule has 1 aromatic rings. The van der Waals surface area contributed by atoms with Gasteiger partial charge in [-0.15, -0.1) is 0 Å². The molecule has 0 unspecified atom stereocenters. The molecular weight excluding hydrogens is 362 g/mol. The summed E-state index contributed by atoms with van der Waals surface area (Å²) in [4.78, 5) is 14.6. The number of nitrogens with zero attached hydrogens (tertiary/aromatic N) is 2. The van der Waals surface area contributed by atoms with E-state index < -0.39 is 16.1 Å². The molecule has 0 saturated carbocycles. The van der Waals surface area contributed by atoms with Gasteiger partial charge in [-0.2, -0.15) is 4.31 Å². The van der Waals surface area contributed by atoms with Gasteiger partial charge in [-0.25, -0.2) is 8.42 Å². The van der Waals surface area contributed by atoms with Gasteiger partial charge in [0, 0.05) is 18.1 Å². The van der Waals surface area contributed by atoms with Gasteiger partial charge in [0.15, 0.2) is 0 Å². The van der Waals surface area contributed by atoms with Gasteiger partial charge in [0.1, 0.15) is 6.04 Å². The van der Waals surface area contributed by atoms with Crippen molar-refractivity contribution in [1.29, 1.82) is 0 Å². The molecule has 1 aromatic carbocycles. The summed E-state index contributed by atoms with van der Waals surface area (Å²) in [6.45, 7) is 0.766. The number of carbonyl (C=O) groups excluding carboxylic acids is 1. The van der Waals surface area contributed by atoms with Crippen LogP contribution in [0.2, 0.25) is 5.02 Å². The Kier molecular flexibility index (Phi) is 6.85. The lowest BCUT2D eigenvalue weighted by atomic mass is 10.0. The van der Waals surface area contributed by atoms with Crippen LogP contribution < -0.4 is 5.32 Å². The Hall–Kier alpha value is -1.15. The maximum Gasteiger partial charge on any atom is 0.238 e. The topological polar surface area (TPSA) is 69.7 Å². The van der Waals surface area contributed by atoms with Gasteiger partial charge in [0.25, 0.3) is 0 Å². The zero-order chi connectivity index (χ0) is 18.6. The fourth-order valence-electron chi connectivity index (χ4n) is 3.20. The van der Waals surface area contributed by atoms with Gasteiger partial charge < -0.3 is 10.2 Å². The third-order valence-corrected chi connectivity index (χ3v) is 6.17. The first-order valence-corrected chi connectivity index (χ1v) is 10.6. The zero-order valence-electron chi connectivity index (χ0n) is 14.9. The van der Waals surface area contributed by atoms with E-state index >= 15 is 0 Å². The monoisotopic (exact) mass is 387 g/mol. The van der Waals surface area contributed by atoms with Gasteiger partial charge in [-0.05, 0) is 38.6 Å². The predicted molar refractivity (Wildman–Crippen MR) is 100 cm³/mol. The second kappa shape index (κ2) is 8.49. The summed E-state index contributed by atoms with van der Waals surface area (Å²) < 4.78 is 25.2. The molecule has 2 atom stereocenters. The van der Waals surface area contributed by atoms with Crippen LogP contribution in [0, 0.1) is 0 Å². The first-order valence-electron chi connectivity index (χ1n) is 8.37. The number of rotatable bonds is 6. The highest BCUT2D eigenvalue weighted by Crippen LogP contribution is 2.26. The van der Waals surface area contributed by atoms with E-state index in [1.54, 1.807) is 0 Å². The fourth-order valence-corrected chi connectivity index (χ4v) is 4.58. The van der Waals surface area contributed by atoms with Crippen molar-refractivity contribution in [2.45, 2.75) is 31.3 Å². The number of hydrogen-bond acceptors (Lipinski definition) is 4. The van der Waals surface area contributed by atoms with Crippen LogP contribution in [0.4, 0.5) is 0 Å². The van der Waals surface area contributed by atoms with Gasteiger partial charge in [0.2, 0.25) is 15.9 Å². The molecule has 0 radical (unpaired) electrons. The largest absolute Gasteiger partial charge is 0.353 e. The first kappa shape index (κ1) is 20.2. The summed E-state index contributed by atoms with van der Waals surface area (Å²) in [5.41, 5.74) is 0.929. The summed E-state index contributed by atoms with van der Waals surface area (Å²) in [5.74, 6) is -0.246. The van der Waals surface area contributed by atoms with Crippen molar-refractivity contribution in [1.82, 2.24) is 14.5 Å². The number of sulfonamides is 1. The van der Waals surface area contributed by atoms with E-state index in [0.29, 0.717) is 24.5 Å². The zero-order valence-corrected chi connectivity index (χ0v) is 16.5. The van der Waals surface area contributed by atoms with E-state index in [-0.39, 0.29) is 11.9 Å². The Labute approximate surface area is 155 Å². The maximum atomic E-state index is 12.6. The molecular formula is C17H26ClN3O3S. The number of benzene rings is 1. The van der Waals surface area contributed by atoms with Crippen LogP contribution in [-0.4, -0.2) is 63.0 Å². The number of amides is 1. The van der Waals surface area contributed by atoms with E-state index in [4.69, 9.17) is 11.6 Å². The fraction of sp³-hybridized carbons (Fsp3) is 0.588. The minimum atomic E-state index is -3.39. The summed E-state index contributed by atoms with van der Waals surface area (Å²) in [6, 6.07) is 6.81. The quantitative estimate of drug-likeness (QED) is 0.809. The summed E-state index contributed by atoms with van der Waals surface area (Å²) in [6.07, 6.45) is 3.35. The van der Waals surface area contributed by atoms with Crippen LogP contribution in [0.3, 0.4) is 0 Å². The van der Waals surface area contributed by atoms with Gasteiger partial charge in [-0.3, -0.25) is 4.79 Å². The molecule has 1 amide bonds. The first-order chi connectivity index (χ1) is 11.7. The Morgan fingerprint density at radius 3 is 2.64 bits per heavy atom. The third-order valence-electron chi connectivity index (χ3n) is 4.54. The third kappa shape index (κ3) is 5.17. The van der Waals surface area contributed by atoms with E-state index in [1.165, 1.54) is 4.31 Å². The standard InChI is InChI=1S/C17H26ClN3O3S/c1-20(2)16(13-8-4-5-9-14(13)18)12-19-17(22)15-10-6-7-11-21(15)25(3,23)24/h4-5,8-9,15-16H,6-7,10-12H2,1-3H3,(H,19,22)/t15-,16-/m0/s1. The molecule has 0 aliphatic carbocycles. The van der Waals surface area contributed by atoms with Gasteiger partial charge in [-0.1, -0.05) is 36.2 Å². The van der Waals surface area contributed by atoms with Gasteiger partial charge >= 0.3 is 0 Å². The molecule has 0 bridgehead atoms. The van der Waals surface area contributed by atoms with Crippen LogP contribution >= 0.6 is 11.6 Å². The highest BCUT2D eigenvalue weighted by molar-refractivity contribution is 7.88. The predicted octanol–water partition coefficient (Wildman–Crippen LogP) is 1.87. The molecule has 8 heteroatoms. The van der Waals surface area contributed by atoms with Crippen molar-refractivity contribution in [2.24, 2.45) is 0 Å². The lowest BCUT2D eigenvalue weighted by molar-refractivity contribution is -0.125. The summed E-state index contributed by atoms with van der Waals surface area (Å²) in [5, 5.41) is 3.56. The minimum Gasteiger partial charge on any atom is -0.353 e. The van der Waals surface area contributed by atoms with Crippen LogP contribution in [0.25, 0.3) is 0 Å². The number of carbonyl (C=O) groups is 1. The molecule has 1 saturated heterocycles. The van der Waals surface area contributed by atoms with Gasteiger partial charge in [0.05, 0.1) is 12.3 Å². The normalized spacial score (nSPS) is 20.4. The molecule has 0 aromatic heterocycles. The molecule has 0 spiro atoms. The van der Waals surface area contributed by atoms with E-state index in [2.05, 4.69) is 5.32 Å². The Morgan fingerprint density at radius 1 is 1.36 bits per heavy atom. The van der Waals surface area contributed by atoms with E-state index in [9.17, 15) is 13.2 Å². The van der Waals surface area contributed by atoms with Crippen molar-refractivity contribution < 1.29 is 13.2 Å². The van der Waals surface area contributed by atoms with Crippen LogP contribution in [-0.2, 0) is 14.8 Å². The second-order valence-corrected chi connectivity index (χ2v) is 8.97. The molecule has 6 nitrogen and oxygen atoms in total. The smallest absolute Gasteiger partial charge is 0.238 e. The minimum absolute atomic E-state index is 0.0899. The summed E-state index contributed by atoms with van der Waals surface area (Å²) >= 11 is 6.28. The Balaban J connectivity index is 2.09. The molecule has 140 valence electrons. The molecule has 1 aliphatic rings. The molecule has 1 aliphatic heterocycles. The average molecular weight is 388 g/mol. The molecule has 2 rings (SSSR count). The van der Waals surface area contributed by atoms with E-state index in [0.717, 1.165) is 24.7 Å². The highest BCUT2D eigenvalue weighted by Gasteiger charge is 2.34. The Bertz CT molecular complexity index is 709. The maximum absolute atomic E-state index is 12.6. The number of piperidine rings is 1. The van der Waals surface area contributed by atoms with Crippen LogP contribution in [0.1, 0.15) is 30.9 Å². The molecule has 1 fully saturated rings. The lowest BCUT2D eigenvalue weighted by Crippen LogP contribution is -2.52. The van der Waals surface area contributed by atoms with Crippen molar-refractivity contribution in [3.8, 4) is 0 Å². The molecule has 1 N–H and O–H groups in total. The van der Waals surface area contributed by atoms with Crippen LogP contribution in [0.15, 0.2) is 24.3 Å². The summed E-state index contributed by atoms with van der Waals surface area (Å²) in [7, 11) is 0.448. The van der Waals surface area contributed by atoms with Crippen molar-refractivity contribution >= 4 is 27.5 Å². The number of likely N-dealkylation sites (N-methyl/N-ethyl adjacent to an activating group) is 1. The highest BCUT2D eigenvalue weighted by atomic mass is 35.5. The average Bonchev–Trinajstić information content (AvgIpc) is 2.55. The number of halogens is 1. The van der Waals surface area contributed by atoms with Crippen molar-refractivity contribution in [3.63, 3.8) is 0 Å². The molecule has 25 heavy (non-hydrogen) atoms. The lowest BCUT2D eigenvalue weighted by Gasteiger charge is -2.33. The molecule has 1 heterocycles. The number of nitrogens with one attached hydrogen (secondary N) is 1. The van der Waals surface area contributed by atoms with Crippen LogP contribution in [0.5, 0.6) is 0 Å². The second-order valence-electron chi connectivity index (χ2n) is 6.63. The number of hydrogen-bond donors (Lipinski definition) is 1. The Morgan fingerprint density at radius 2 is 2.04 bits per heavy atom. The van der Waals surface area contributed by atoms with E-state index in [1.807, 2.05) is 43.3 Å².